The highest BCUT2D eigenvalue weighted by atomic mass is 16.1. The number of nitrogens with one attached hydrogen (secondary N) is 1. The second-order valence-corrected chi connectivity index (χ2v) is 8.10. The summed E-state index contributed by atoms with van der Waals surface area (Å²) in [5.74, 6) is -0.156. The van der Waals surface area contributed by atoms with Crippen LogP contribution in [-0.2, 0) is 13.1 Å². The Hall–Kier alpha value is -4.43. The summed E-state index contributed by atoms with van der Waals surface area (Å²) in [5.41, 5.74) is 5.10. The Kier molecular flexibility index (Phi) is 5.34. The molecule has 2 aromatic heterocycles. The lowest BCUT2D eigenvalue weighted by Gasteiger charge is -2.12. The van der Waals surface area contributed by atoms with Crippen LogP contribution in [0.1, 0.15) is 32.9 Å². The van der Waals surface area contributed by atoms with Crippen LogP contribution in [-0.4, -0.2) is 15.5 Å². The molecule has 3 aromatic carbocycles. The van der Waals surface area contributed by atoms with Gasteiger partial charge in [0.05, 0.1) is 23.9 Å². The molecule has 0 aliphatic carbocycles. The fraction of sp³-hybridized carbons (Fsp3) is 0.107. The van der Waals surface area contributed by atoms with Crippen LogP contribution in [0.15, 0.2) is 85.1 Å². The van der Waals surface area contributed by atoms with E-state index in [-0.39, 0.29) is 5.91 Å². The van der Waals surface area contributed by atoms with Crippen molar-refractivity contribution >= 4 is 27.6 Å². The monoisotopic (exact) mass is 430 g/mol. The summed E-state index contributed by atoms with van der Waals surface area (Å²) in [5, 5.41) is 15.5. The molecule has 0 saturated carbocycles. The van der Waals surface area contributed by atoms with Crippen molar-refractivity contribution in [2.75, 3.05) is 0 Å². The molecule has 0 fully saturated rings. The first-order valence-electron chi connectivity index (χ1n) is 10.8. The summed E-state index contributed by atoms with van der Waals surface area (Å²) in [6.07, 6.45) is 1.77. The standard InChI is InChI=1S/C28H22N4O/c1-19-6-4-11-26-24(19)15-27(32(26)18-21-8-5-7-20(14-21)16-29)28(33)31-17-25-23-10-3-2-9-22(23)12-13-30-25/h2-15H,17-18H2,1H3,(H,31,33). The molecule has 0 unspecified atom stereocenters. The van der Waals surface area contributed by atoms with E-state index in [0.29, 0.717) is 24.3 Å². The van der Waals surface area contributed by atoms with Crippen molar-refractivity contribution in [3.05, 3.63) is 113 Å². The van der Waals surface area contributed by atoms with Crippen molar-refractivity contribution in [1.82, 2.24) is 14.9 Å². The molecule has 5 aromatic rings. The molecule has 0 spiro atoms. The van der Waals surface area contributed by atoms with Gasteiger partial charge in [0.25, 0.3) is 5.91 Å². The van der Waals surface area contributed by atoms with E-state index in [4.69, 9.17) is 0 Å². The van der Waals surface area contributed by atoms with E-state index in [2.05, 4.69) is 16.4 Å². The number of rotatable bonds is 5. The minimum atomic E-state index is -0.156. The largest absolute Gasteiger partial charge is 0.345 e. The second kappa shape index (κ2) is 8.60. The Morgan fingerprint density at radius 2 is 1.85 bits per heavy atom. The van der Waals surface area contributed by atoms with Crippen molar-refractivity contribution in [3.8, 4) is 6.07 Å². The molecule has 2 heterocycles. The van der Waals surface area contributed by atoms with Gasteiger partial charge in [-0.2, -0.15) is 5.26 Å². The van der Waals surface area contributed by atoms with Crippen LogP contribution in [0.4, 0.5) is 0 Å². The first-order chi connectivity index (χ1) is 16.1. The van der Waals surface area contributed by atoms with Gasteiger partial charge in [0.15, 0.2) is 0 Å². The quantitative estimate of drug-likeness (QED) is 0.409. The Balaban J connectivity index is 1.50. The molecule has 1 amide bonds. The number of hydrogen-bond acceptors (Lipinski definition) is 3. The Bertz CT molecular complexity index is 1540. The van der Waals surface area contributed by atoms with Gasteiger partial charge >= 0.3 is 0 Å². The highest BCUT2D eigenvalue weighted by Crippen LogP contribution is 2.25. The molecule has 5 rings (SSSR count). The average Bonchev–Trinajstić information content (AvgIpc) is 3.22. The van der Waals surface area contributed by atoms with Gasteiger partial charge in [-0.3, -0.25) is 9.78 Å². The smallest absolute Gasteiger partial charge is 0.268 e. The van der Waals surface area contributed by atoms with E-state index < -0.39 is 0 Å². The zero-order valence-corrected chi connectivity index (χ0v) is 18.2. The topological polar surface area (TPSA) is 70.7 Å². The van der Waals surface area contributed by atoms with Gasteiger partial charge in [-0.05, 0) is 53.8 Å². The van der Waals surface area contributed by atoms with Crippen LogP contribution in [0.2, 0.25) is 0 Å². The first-order valence-corrected chi connectivity index (χ1v) is 10.8. The number of amides is 1. The molecule has 0 atom stereocenters. The first kappa shape index (κ1) is 20.5. The number of aromatic nitrogens is 2. The minimum Gasteiger partial charge on any atom is -0.345 e. The molecule has 0 aliphatic rings. The van der Waals surface area contributed by atoms with E-state index >= 15 is 0 Å². The summed E-state index contributed by atoms with van der Waals surface area (Å²) < 4.78 is 2.02. The Morgan fingerprint density at radius 3 is 2.73 bits per heavy atom. The average molecular weight is 431 g/mol. The molecule has 0 bridgehead atoms. The zero-order valence-electron chi connectivity index (χ0n) is 18.2. The van der Waals surface area contributed by atoms with E-state index in [0.717, 1.165) is 38.5 Å². The third kappa shape index (κ3) is 3.95. The normalized spacial score (nSPS) is 10.9. The fourth-order valence-electron chi connectivity index (χ4n) is 4.29. The third-order valence-electron chi connectivity index (χ3n) is 5.97. The maximum Gasteiger partial charge on any atom is 0.268 e. The molecule has 160 valence electrons. The number of benzene rings is 3. The zero-order chi connectivity index (χ0) is 22.8. The molecular formula is C28H22N4O. The van der Waals surface area contributed by atoms with Crippen molar-refractivity contribution in [1.29, 1.82) is 5.26 Å². The molecule has 0 aliphatic heterocycles. The lowest BCUT2D eigenvalue weighted by Crippen LogP contribution is -2.26. The van der Waals surface area contributed by atoms with Crippen molar-refractivity contribution in [2.24, 2.45) is 0 Å². The molecule has 0 saturated heterocycles. The maximum absolute atomic E-state index is 13.4. The maximum atomic E-state index is 13.4. The highest BCUT2D eigenvalue weighted by Gasteiger charge is 2.17. The SMILES string of the molecule is Cc1cccc2c1cc(C(=O)NCc1nccc3ccccc13)n2Cc1cccc(C#N)c1. The lowest BCUT2D eigenvalue weighted by atomic mass is 10.1. The summed E-state index contributed by atoms with van der Waals surface area (Å²) in [7, 11) is 0. The Morgan fingerprint density at radius 1 is 1.00 bits per heavy atom. The molecule has 1 N–H and O–H groups in total. The van der Waals surface area contributed by atoms with Crippen molar-refractivity contribution in [3.63, 3.8) is 0 Å². The van der Waals surface area contributed by atoms with Crippen LogP contribution in [0.5, 0.6) is 0 Å². The van der Waals surface area contributed by atoms with Gasteiger partial charge in [-0.1, -0.05) is 48.5 Å². The summed E-state index contributed by atoms with van der Waals surface area (Å²) in [6.45, 7) is 2.88. The number of nitrogens with zero attached hydrogens (tertiary/aromatic N) is 3. The molecular weight excluding hydrogens is 408 g/mol. The van der Waals surface area contributed by atoms with Gasteiger partial charge in [0.2, 0.25) is 0 Å². The van der Waals surface area contributed by atoms with Crippen molar-refractivity contribution in [2.45, 2.75) is 20.0 Å². The number of fused-ring (bicyclic) bond motifs is 2. The van der Waals surface area contributed by atoms with Gasteiger partial charge < -0.3 is 9.88 Å². The number of hydrogen-bond donors (Lipinski definition) is 1. The number of nitriles is 1. The van der Waals surface area contributed by atoms with E-state index in [1.54, 1.807) is 12.3 Å². The summed E-state index contributed by atoms with van der Waals surface area (Å²) >= 11 is 0. The summed E-state index contributed by atoms with van der Waals surface area (Å²) in [6, 6.07) is 27.7. The Labute approximate surface area is 191 Å². The van der Waals surface area contributed by atoms with Crippen LogP contribution >= 0.6 is 0 Å². The third-order valence-corrected chi connectivity index (χ3v) is 5.97. The highest BCUT2D eigenvalue weighted by molar-refractivity contribution is 5.99. The number of aryl methyl sites for hydroxylation is 1. The van der Waals surface area contributed by atoms with Crippen LogP contribution < -0.4 is 5.32 Å². The molecule has 33 heavy (non-hydrogen) atoms. The molecule has 5 heteroatoms. The predicted octanol–water partition coefficient (Wildman–Crippen LogP) is 5.35. The van der Waals surface area contributed by atoms with Crippen LogP contribution in [0.3, 0.4) is 0 Å². The van der Waals surface area contributed by atoms with E-state index in [9.17, 15) is 10.1 Å². The van der Waals surface area contributed by atoms with Crippen LogP contribution in [0, 0.1) is 18.3 Å². The van der Waals surface area contributed by atoms with Crippen LogP contribution in [0.25, 0.3) is 21.7 Å². The second-order valence-electron chi connectivity index (χ2n) is 8.10. The van der Waals surface area contributed by atoms with E-state index in [1.807, 2.05) is 84.3 Å². The number of carbonyl (C=O) groups is 1. The lowest BCUT2D eigenvalue weighted by molar-refractivity contribution is 0.0942. The van der Waals surface area contributed by atoms with Gasteiger partial charge in [-0.15, -0.1) is 0 Å². The number of carbonyl (C=O) groups excluding carboxylic acids is 1. The fourth-order valence-corrected chi connectivity index (χ4v) is 4.29. The molecule has 5 nitrogen and oxygen atoms in total. The van der Waals surface area contributed by atoms with Crippen molar-refractivity contribution < 1.29 is 4.79 Å². The van der Waals surface area contributed by atoms with Gasteiger partial charge in [0, 0.05) is 29.0 Å². The van der Waals surface area contributed by atoms with E-state index in [1.165, 1.54) is 0 Å². The summed E-state index contributed by atoms with van der Waals surface area (Å²) in [4.78, 5) is 17.8. The molecule has 0 radical (unpaired) electrons. The number of pyridine rings is 1. The van der Waals surface area contributed by atoms with Gasteiger partial charge in [-0.25, -0.2) is 0 Å². The minimum absolute atomic E-state index is 0.156. The van der Waals surface area contributed by atoms with Gasteiger partial charge in [0.1, 0.15) is 5.69 Å². The predicted molar refractivity (Wildman–Crippen MR) is 130 cm³/mol.